The van der Waals surface area contributed by atoms with Crippen molar-refractivity contribution in [3.63, 3.8) is 0 Å². The van der Waals surface area contributed by atoms with Crippen molar-refractivity contribution in [1.82, 2.24) is 9.55 Å². The number of aromatic hydroxyl groups is 1. The summed E-state index contributed by atoms with van der Waals surface area (Å²) in [5.74, 6) is -0.608. The van der Waals surface area contributed by atoms with Crippen molar-refractivity contribution in [2.24, 2.45) is 7.05 Å². The van der Waals surface area contributed by atoms with E-state index < -0.39 is 12.1 Å². The molecule has 102 valence electrons. The van der Waals surface area contributed by atoms with E-state index in [0.717, 1.165) is 0 Å². The highest BCUT2D eigenvalue weighted by molar-refractivity contribution is 5.90. The molecular formula is C13H16N2O4. The van der Waals surface area contributed by atoms with Gasteiger partial charge in [-0.15, -0.1) is 0 Å². The minimum atomic E-state index is -1.11. The minimum Gasteiger partial charge on any atom is -0.507 e. The Hall–Kier alpha value is -2.34. The van der Waals surface area contributed by atoms with Crippen LogP contribution in [0.3, 0.4) is 0 Å². The van der Waals surface area contributed by atoms with Gasteiger partial charge < -0.3 is 19.9 Å². The van der Waals surface area contributed by atoms with Crippen LogP contribution in [0.5, 0.6) is 5.75 Å². The van der Waals surface area contributed by atoms with E-state index in [-0.39, 0.29) is 11.3 Å². The van der Waals surface area contributed by atoms with Gasteiger partial charge in [0.05, 0.1) is 0 Å². The third-order valence-corrected chi connectivity index (χ3v) is 2.37. The van der Waals surface area contributed by atoms with Crippen molar-refractivity contribution in [3.05, 3.63) is 48.0 Å². The lowest BCUT2D eigenvalue weighted by molar-refractivity contribution is 0.0693. The molecule has 19 heavy (non-hydrogen) atoms. The number of phenols is 1. The summed E-state index contributed by atoms with van der Waals surface area (Å²) in [6.45, 7) is 1.70. The number of hydrogen-bond acceptors (Lipinski definition) is 4. The fourth-order valence-corrected chi connectivity index (χ4v) is 1.43. The van der Waals surface area contributed by atoms with Gasteiger partial charge in [0.15, 0.2) is 0 Å². The Morgan fingerprint density at radius 2 is 2.00 bits per heavy atom. The molecule has 0 saturated heterocycles. The summed E-state index contributed by atoms with van der Waals surface area (Å²) in [7, 11) is 1.86. The third-order valence-electron chi connectivity index (χ3n) is 2.37. The highest BCUT2D eigenvalue weighted by Crippen LogP contribution is 2.14. The molecule has 0 spiro atoms. The van der Waals surface area contributed by atoms with Gasteiger partial charge in [0.2, 0.25) is 0 Å². The third kappa shape index (κ3) is 4.11. The molecule has 2 rings (SSSR count). The number of para-hydroxylation sites is 1. The molecule has 0 fully saturated rings. The summed E-state index contributed by atoms with van der Waals surface area (Å²) in [5.41, 5.74) is -0.0671. The first kappa shape index (κ1) is 14.7. The Balaban J connectivity index is 0.000000191. The van der Waals surface area contributed by atoms with E-state index in [0.29, 0.717) is 5.82 Å². The number of carboxylic acid groups (broad SMARTS) is 1. The molecule has 1 heterocycles. The van der Waals surface area contributed by atoms with E-state index in [4.69, 9.17) is 15.3 Å². The second kappa shape index (κ2) is 6.55. The van der Waals surface area contributed by atoms with Gasteiger partial charge in [-0.05, 0) is 19.1 Å². The van der Waals surface area contributed by atoms with Gasteiger partial charge in [0.1, 0.15) is 23.2 Å². The average Bonchev–Trinajstić information content (AvgIpc) is 2.76. The van der Waals surface area contributed by atoms with Crippen molar-refractivity contribution in [3.8, 4) is 5.75 Å². The summed E-state index contributed by atoms with van der Waals surface area (Å²) in [6.07, 6.45) is 3.01. The number of imidazole rings is 1. The lowest BCUT2D eigenvalue weighted by Gasteiger charge is -2.01. The second-order valence-corrected chi connectivity index (χ2v) is 3.89. The maximum absolute atomic E-state index is 10.3. The summed E-state index contributed by atoms with van der Waals surface area (Å²) >= 11 is 0. The molecule has 0 aliphatic heterocycles. The van der Waals surface area contributed by atoms with Gasteiger partial charge in [0, 0.05) is 19.4 Å². The van der Waals surface area contributed by atoms with Crippen LogP contribution in [-0.2, 0) is 7.05 Å². The maximum Gasteiger partial charge on any atom is 0.339 e. The zero-order chi connectivity index (χ0) is 14.4. The molecule has 0 radical (unpaired) electrons. The van der Waals surface area contributed by atoms with Crippen molar-refractivity contribution >= 4 is 5.97 Å². The predicted molar refractivity (Wildman–Crippen MR) is 68.9 cm³/mol. The zero-order valence-corrected chi connectivity index (χ0v) is 10.7. The zero-order valence-electron chi connectivity index (χ0n) is 10.7. The molecular weight excluding hydrogens is 248 g/mol. The molecule has 0 aliphatic carbocycles. The number of aryl methyl sites for hydroxylation is 1. The number of aliphatic hydroxyl groups is 1. The van der Waals surface area contributed by atoms with Crippen LogP contribution in [0.4, 0.5) is 0 Å². The average molecular weight is 264 g/mol. The first-order valence-corrected chi connectivity index (χ1v) is 5.60. The van der Waals surface area contributed by atoms with Gasteiger partial charge in [-0.3, -0.25) is 0 Å². The van der Waals surface area contributed by atoms with E-state index in [1.807, 2.05) is 13.2 Å². The number of nitrogens with zero attached hydrogens (tertiary/aromatic N) is 2. The van der Waals surface area contributed by atoms with Crippen LogP contribution >= 0.6 is 0 Å². The molecule has 1 atom stereocenters. The lowest BCUT2D eigenvalue weighted by Crippen LogP contribution is -2.00. The number of rotatable bonds is 2. The van der Waals surface area contributed by atoms with Crippen LogP contribution in [0.15, 0.2) is 36.7 Å². The number of carboxylic acids is 1. The number of benzene rings is 1. The predicted octanol–water partition coefficient (Wildman–Crippen LogP) is 1.56. The van der Waals surface area contributed by atoms with Crippen LogP contribution < -0.4 is 0 Å². The lowest BCUT2D eigenvalue weighted by atomic mass is 10.2. The van der Waals surface area contributed by atoms with Crippen LogP contribution in [-0.4, -0.2) is 30.8 Å². The highest BCUT2D eigenvalue weighted by Gasteiger charge is 2.05. The molecule has 6 heteroatoms. The Morgan fingerprint density at radius 3 is 2.32 bits per heavy atom. The topological polar surface area (TPSA) is 95.6 Å². The van der Waals surface area contributed by atoms with Crippen LogP contribution in [0, 0.1) is 0 Å². The van der Waals surface area contributed by atoms with Crippen LogP contribution in [0.1, 0.15) is 29.2 Å². The SMILES string of the molecule is CC(O)c1nccn1C.O=C(O)c1ccccc1O. The number of hydrogen-bond donors (Lipinski definition) is 3. The monoisotopic (exact) mass is 264 g/mol. The van der Waals surface area contributed by atoms with Gasteiger partial charge in [0.25, 0.3) is 0 Å². The first-order chi connectivity index (χ1) is 8.93. The fourth-order valence-electron chi connectivity index (χ4n) is 1.43. The number of carbonyl (C=O) groups is 1. The molecule has 3 N–H and O–H groups in total. The largest absolute Gasteiger partial charge is 0.507 e. The molecule has 0 aliphatic rings. The molecule has 0 bridgehead atoms. The summed E-state index contributed by atoms with van der Waals surface area (Å²) in [6, 6.07) is 5.81. The Labute approximate surface area is 110 Å². The Morgan fingerprint density at radius 1 is 1.37 bits per heavy atom. The smallest absolute Gasteiger partial charge is 0.339 e. The maximum atomic E-state index is 10.3. The van der Waals surface area contributed by atoms with Gasteiger partial charge in [-0.1, -0.05) is 12.1 Å². The molecule has 6 nitrogen and oxygen atoms in total. The first-order valence-electron chi connectivity index (χ1n) is 5.60. The molecule has 1 unspecified atom stereocenters. The highest BCUT2D eigenvalue weighted by atomic mass is 16.4. The molecule has 1 aromatic carbocycles. The minimum absolute atomic E-state index is 0.0671. The second-order valence-electron chi connectivity index (χ2n) is 3.89. The van der Waals surface area contributed by atoms with Crippen LogP contribution in [0.25, 0.3) is 0 Å². The summed E-state index contributed by atoms with van der Waals surface area (Å²) in [4.78, 5) is 14.2. The van der Waals surface area contributed by atoms with Crippen LogP contribution in [0.2, 0.25) is 0 Å². The van der Waals surface area contributed by atoms with Crippen molar-refractivity contribution in [2.45, 2.75) is 13.0 Å². The molecule has 2 aromatic rings. The molecule has 0 amide bonds. The van der Waals surface area contributed by atoms with Gasteiger partial charge in [-0.2, -0.15) is 0 Å². The van der Waals surface area contributed by atoms with Crippen molar-refractivity contribution in [2.75, 3.05) is 0 Å². The summed E-state index contributed by atoms with van der Waals surface area (Å²) in [5, 5.41) is 26.3. The molecule has 1 aromatic heterocycles. The van der Waals surface area contributed by atoms with Crippen molar-refractivity contribution in [1.29, 1.82) is 0 Å². The number of aromatic nitrogens is 2. The summed E-state index contributed by atoms with van der Waals surface area (Å²) < 4.78 is 1.80. The Bertz CT molecular complexity index is 549. The van der Waals surface area contributed by atoms with Crippen molar-refractivity contribution < 1.29 is 20.1 Å². The van der Waals surface area contributed by atoms with E-state index in [1.54, 1.807) is 29.8 Å². The van der Waals surface area contributed by atoms with E-state index >= 15 is 0 Å². The van der Waals surface area contributed by atoms with E-state index in [2.05, 4.69) is 4.98 Å². The fraction of sp³-hybridized carbons (Fsp3) is 0.231. The van der Waals surface area contributed by atoms with Gasteiger partial charge >= 0.3 is 5.97 Å². The standard InChI is InChI=1S/C7H6O3.C6H10N2O/c8-6-4-2-1-3-5(6)7(9)10;1-5(9)6-7-3-4-8(6)2/h1-4,8H,(H,9,10);3-5,9H,1-2H3. The normalized spacial score (nSPS) is 11.3. The quantitative estimate of drug-likeness (QED) is 0.765. The van der Waals surface area contributed by atoms with Gasteiger partial charge in [-0.25, -0.2) is 9.78 Å². The Kier molecular flexibility index (Phi) is 5.08. The molecule has 0 saturated carbocycles. The number of aromatic carboxylic acids is 1. The van der Waals surface area contributed by atoms with E-state index in [9.17, 15) is 4.79 Å². The number of aliphatic hydroxyl groups excluding tert-OH is 1. The van der Waals surface area contributed by atoms with E-state index in [1.165, 1.54) is 12.1 Å².